The quantitative estimate of drug-likeness (QED) is 0.0250. The number of halogens is 1. The van der Waals surface area contributed by atoms with Gasteiger partial charge in [-0.05, 0) is 108 Å². The van der Waals surface area contributed by atoms with Crippen molar-refractivity contribution in [2.45, 2.75) is 174 Å². The van der Waals surface area contributed by atoms with E-state index >= 15 is 4.39 Å². The van der Waals surface area contributed by atoms with Gasteiger partial charge in [0.2, 0.25) is 5.91 Å². The minimum atomic E-state index is -4.18. The van der Waals surface area contributed by atoms with E-state index in [9.17, 15) is 27.7 Å². The second-order valence-electron chi connectivity index (χ2n) is 22.1. The Kier molecular flexibility index (Phi) is 24.2. The van der Waals surface area contributed by atoms with Crippen molar-refractivity contribution < 1.29 is 46.0 Å². The van der Waals surface area contributed by atoms with E-state index < -0.39 is 16.1 Å². The third-order valence-corrected chi connectivity index (χ3v) is 15.1. The molecule has 4 aromatic rings. The maximum atomic E-state index is 15.5. The number of rotatable bonds is 38. The van der Waals surface area contributed by atoms with Gasteiger partial charge in [0.15, 0.2) is 0 Å². The molecule has 1 heterocycles. The number of amides is 1. The lowest BCUT2D eigenvalue weighted by Gasteiger charge is -2.30. The number of carbonyl (C=O) groups excluding carboxylic acids is 1. The van der Waals surface area contributed by atoms with E-state index in [4.69, 9.17) is 9.47 Å². The molecular formula is C58H86FN5O8S. The summed E-state index contributed by atoms with van der Waals surface area (Å²) in [7, 11) is 1.36. The van der Waals surface area contributed by atoms with Crippen LogP contribution >= 0.6 is 0 Å². The van der Waals surface area contributed by atoms with Gasteiger partial charge in [-0.25, -0.2) is 12.8 Å². The fourth-order valence-corrected chi connectivity index (χ4v) is 10.5. The Morgan fingerprint density at radius 2 is 1.49 bits per heavy atom. The standard InChI is InChI=1S/C58H86FN5O8S/c1-58(2,41-48-37-45(26-30-52(48)54-39-50(71-5)29-31-55(54)59)44-72-51-24-21-23-47(38-51)53(40-57(66)67)46-27-28-46)42-49-43-63(62-61-49)33-20-18-16-14-12-10-8-6-7-9-11-13-15-17-19-25-56(65)60-32-35-64(3,4)34-22-36-73(68,69)70/h21,23-24,26,29-31,37-39,43,46,53H,6-20,22,25,27-28,32-36,40-42,44H2,1-5H3,(H2-,60,65,66,67,68,69,70)/t53-/m0/s1. The number of nitrogens with zero attached hydrogens (tertiary/aromatic N) is 4. The van der Waals surface area contributed by atoms with Gasteiger partial charge in [-0.2, -0.15) is 0 Å². The maximum Gasteiger partial charge on any atom is 0.303 e. The van der Waals surface area contributed by atoms with Crippen LogP contribution in [0.2, 0.25) is 0 Å². The maximum absolute atomic E-state index is 15.5. The molecule has 2 N–H and O–H groups in total. The lowest BCUT2D eigenvalue weighted by atomic mass is 9.79. The summed E-state index contributed by atoms with van der Waals surface area (Å²) in [5.74, 6) is 0.305. The Bertz CT molecular complexity index is 2420. The van der Waals surface area contributed by atoms with Gasteiger partial charge in [0.1, 0.15) is 23.9 Å². The molecule has 0 radical (unpaired) electrons. The van der Waals surface area contributed by atoms with E-state index in [1.54, 1.807) is 19.2 Å². The van der Waals surface area contributed by atoms with Gasteiger partial charge in [0.25, 0.3) is 0 Å². The molecule has 1 amide bonds. The fourth-order valence-electron chi connectivity index (χ4n) is 10.1. The molecule has 0 unspecified atom stereocenters. The number of methoxy groups -OCH3 is 1. The second-order valence-corrected chi connectivity index (χ2v) is 23.7. The Labute approximate surface area is 436 Å². The van der Waals surface area contributed by atoms with Crippen molar-refractivity contribution in [3.8, 4) is 22.6 Å². The number of aromatic nitrogens is 3. The molecule has 1 fully saturated rings. The highest BCUT2D eigenvalue weighted by Gasteiger charge is 2.34. The molecule has 1 aliphatic rings. The van der Waals surface area contributed by atoms with Gasteiger partial charge in [0.05, 0.1) is 63.1 Å². The highest BCUT2D eigenvalue weighted by Crippen LogP contribution is 2.45. The topological polar surface area (TPSA) is 173 Å². The molecule has 13 nitrogen and oxygen atoms in total. The minimum absolute atomic E-state index is 0.0145. The van der Waals surface area contributed by atoms with Crippen LogP contribution in [0.3, 0.4) is 0 Å². The number of carboxylic acid groups (broad SMARTS) is 1. The molecule has 3 aromatic carbocycles. The normalized spacial score (nSPS) is 13.5. The number of likely N-dealkylation sites (N-methyl/N-ethyl adjacent to an activating group) is 1. The number of hydrogen-bond acceptors (Lipinski definition) is 9. The van der Waals surface area contributed by atoms with Crippen molar-refractivity contribution in [3.63, 3.8) is 0 Å². The van der Waals surface area contributed by atoms with Crippen molar-refractivity contribution in [1.29, 1.82) is 0 Å². The summed E-state index contributed by atoms with van der Waals surface area (Å²) in [5, 5.41) is 21.6. The number of nitrogens with one attached hydrogen (secondary N) is 1. The van der Waals surface area contributed by atoms with E-state index in [1.807, 2.05) is 55.2 Å². The van der Waals surface area contributed by atoms with E-state index in [0.717, 1.165) is 66.6 Å². The van der Waals surface area contributed by atoms with Crippen LogP contribution in [0, 0.1) is 17.2 Å². The Morgan fingerprint density at radius 3 is 2.12 bits per heavy atom. The van der Waals surface area contributed by atoms with Crippen LogP contribution in [-0.4, -0.2) is 96.0 Å². The molecule has 1 atom stereocenters. The summed E-state index contributed by atoms with van der Waals surface area (Å²) in [4.78, 5) is 23.8. The summed E-state index contributed by atoms with van der Waals surface area (Å²) in [6.45, 7) is 7.41. The van der Waals surface area contributed by atoms with Crippen molar-refractivity contribution in [3.05, 3.63) is 95.1 Å². The highest BCUT2D eigenvalue weighted by atomic mass is 32.2. The van der Waals surface area contributed by atoms with Crippen LogP contribution in [0.1, 0.15) is 171 Å². The average Bonchev–Trinajstić information content (AvgIpc) is 4.09. The number of carbonyl (C=O) groups is 2. The third-order valence-electron chi connectivity index (χ3n) is 14.3. The Morgan fingerprint density at radius 1 is 0.836 bits per heavy atom. The van der Waals surface area contributed by atoms with Crippen LogP contribution in [0.15, 0.2) is 66.9 Å². The second kappa shape index (κ2) is 29.9. The predicted molar refractivity (Wildman–Crippen MR) is 286 cm³/mol. The highest BCUT2D eigenvalue weighted by molar-refractivity contribution is 7.85. The van der Waals surface area contributed by atoms with Crippen LogP contribution in [0.25, 0.3) is 11.1 Å². The molecule has 0 aliphatic heterocycles. The minimum Gasteiger partial charge on any atom is -0.748 e. The number of benzene rings is 3. The largest absolute Gasteiger partial charge is 0.748 e. The Hall–Kier alpha value is -4.86. The lowest BCUT2D eigenvalue weighted by Crippen LogP contribution is -2.46. The van der Waals surface area contributed by atoms with E-state index in [2.05, 4.69) is 41.7 Å². The lowest BCUT2D eigenvalue weighted by molar-refractivity contribution is -0.889. The van der Waals surface area contributed by atoms with E-state index in [1.165, 1.54) is 83.1 Å². The predicted octanol–water partition coefficient (Wildman–Crippen LogP) is 11.8. The molecular weight excluding hydrogens is 946 g/mol. The van der Waals surface area contributed by atoms with Crippen LogP contribution < -0.4 is 14.8 Å². The average molecular weight is 1030 g/mol. The zero-order valence-corrected chi connectivity index (χ0v) is 45.5. The van der Waals surface area contributed by atoms with E-state index in [-0.39, 0.29) is 35.2 Å². The number of carboxylic acids is 1. The number of aryl methyl sites for hydroxylation is 1. The van der Waals surface area contributed by atoms with Crippen molar-refractivity contribution in [1.82, 2.24) is 20.3 Å². The van der Waals surface area contributed by atoms with Crippen LogP contribution in [0.4, 0.5) is 4.39 Å². The summed E-state index contributed by atoms with van der Waals surface area (Å²) in [6.07, 6.45) is 24.7. The number of aliphatic carboxylic acids is 1. The molecule has 0 saturated heterocycles. The van der Waals surface area contributed by atoms with Crippen molar-refractivity contribution in [2.24, 2.45) is 11.3 Å². The van der Waals surface area contributed by atoms with Gasteiger partial charge in [-0.15, -0.1) is 5.10 Å². The summed E-state index contributed by atoms with van der Waals surface area (Å²) < 4.78 is 62.3. The molecule has 1 aromatic heterocycles. The summed E-state index contributed by atoms with van der Waals surface area (Å²) >= 11 is 0. The fraction of sp³-hybridized carbons (Fsp3) is 0.621. The number of hydrogen-bond donors (Lipinski definition) is 2. The zero-order valence-electron chi connectivity index (χ0n) is 44.7. The molecule has 15 heteroatoms. The van der Waals surface area contributed by atoms with Gasteiger partial charge >= 0.3 is 5.97 Å². The van der Waals surface area contributed by atoms with E-state index in [0.29, 0.717) is 79.4 Å². The van der Waals surface area contributed by atoms with Crippen LogP contribution in [0.5, 0.6) is 11.5 Å². The van der Waals surface area contributed by atoms with Gasteiger partial charge < -0.3 is 28.9 Å². The Balaban J connectivity index is 0.944. The van der Waals surface area contributed by atoms with Crippen molar-refractivity contribution in [2.75, 3.05) is 46.6 Å². The first-order chi connectivity index (χ1) is 34.9. The molecule has 5 rings (SSSR count). The third kappa shape index (κ3) is 23.1. The van der Waals surface area contributed by atoms with Gasteiger partial charge in [-0.1, -0.05) is 133 Å². The first-order valence-electron chi connectivity index (χ1n) is 27.2. The summed E-state index contributed by atoms with van der Waals surface area (Å²) in [5.41, 5.74) is 4.95. The van der Waals surface area contributed by atoms with Crippen molar-refractivity contribution >= 4 is 22.0 Å². The monoisotopic (exact) mass is 1030 g/mol. The number of unbranched alkanes of at least 4 members (excludes halogenated alkanes) is 14. The SMILES string of the molecule is COc1ccc(F)c(-c2ccc(COc3cccc([C@@H](CC(=O)O)C4CC4)c3)cc2CC(C)(C)Cc2cn(CCCCCCCCCCCCCCCCCC(=O)NCC[N+](C)(C)CCCS(=O)(=O)[O-])nn2)c1. The first-order valence-corrected chi connectivity index (χ1v) is 28.8. The molecule has 1 aliphatic carbocycles. The zero-order chi connectivity index (χ0) is 52.7. The number of ether oxygens (including phenoxy) is 2. The first kappa shape index (κ1) is 59.0. The molecule has 0 bridgehead atoms. The van der Waals surface area contributed by atoms with Gasteiger partial charge in [-0.3, -0.25) is 14.3 Å². The molecule has 404 valence electrons. The number of quaternary nitrogens is 1. The molecule has 73 heavy (non-hydrogen) atoms. The van der Waals surface area contributed by atoms with Gasteiger partial charge in [0, 0.05) is 36.9 Å². The van der Waals surface area contributed by atoms with Crippen LogP contribution in [-0.2, 0) is 45.7 Å². The smallest absolute Gasteiger partial charge is 0.303 e. The molecule has 1 saturated carbocycles. The molecule has 0 spiro atoms. The summed E-state index contributed by atoms with van der Waals surface area (Å²) in [6, 6.07) is 18.7.